The molecule has 2 amide bonds. The van der Waals surface area contributed by atoms with Crippen LogP contribution in [0.25, 0.3) is 10.6 Å². The summed E-state index contributed by atoms with van der Waals surface area (Å²) in [6.45, 7) is 0. The van der Waals surface area contributed by atoms with Gasteiger partial charge in [0.15, 0.2) is 9.99 Å². The Labute approximate surface area is 235 Å². The van der Waals surface area contributed by atoms with Gasteiger partial charge in [0.2, 0.25) is 5.91 Å². The molecule has 0 radical (unpaired) electrons. The Balaban J connectivity index is 1.59. The molecular weight excluding hydrogens is 557 g/mol. The van der Waals surface area contributed by atoms with Gasteiger partial charge in [-0.2, -0.15) is 0 Å². The highest BCUT2D eigenvalue weighted by Crippen LogP contribution is 2.30. The van der Waals surface area contributed by atoms with Crippen LogP contribution in [0.4, 0.5) is 10.5 Å². The van der Waals surface area contributed by atoms with Crippen molar-refractivity contribution in [3.05, 3.63) is 93.6 Å². The molecule has 2 aromatic carbocycles. The molecule has 4 N–H and O–H groups in total. The van der Waals surface area contributed by atoms with Gasteiger partial charge in [-0.05, 0) is 47.0 Å². The van der Waals surface area contributed by atoms with Crippen LogP contribution in [0.5, 0.6) is 0 Å². The number of aromatic nitrogens is 1. The summed E-state index contributed by atoms with van der Waals surface area (Å²) in [6.07, 6.45) is -0.0251. The molecule has 204 valence electrons. The van der Waals surface area contributed by atoms with Crippen LogP contribution in [-0.4, -0.2) is 44.8 Å². The molecular formula is C27H28N4O5S3. The normalized spacial score (nSPS) is 14.0. The number of nitrogens with zero attached hydrogens (tertiary/aromatic N) is 1. The lowest BCUT2D eigenvalue weighted by Gasteiger charge is -2.22. The van der Waals surface area contributed by atoms with Crippen LogP contribution in [0.3, 0.4) is 0 Å². The van der Waals surface area contributed by atoms with Crippen molar-refractivity contribution in [3.63, 3.8) is 0 Å². The number of methoxy groups -OCH3 is 1. The molecule has 4 aromatic rings. The standard InChI is InChI=1S/C27H28N4O5S3/c1-36-27(33)30-21(15-18-7-4-3-5-8-18)25(32)28-22(26-29-23(17-38-26)24-9-6-14-37-24)16-19-10-12-20(13-11-19)31-39(2,34)35/h3-14,17,21-22H,2,15-16H2,1H3,(H,28,32)(H,30,33)(H2,31,34,35). The third-order valence-electron chi connectivity index (χ3n) is 5.66. The number of hydrogen-bond acceptors (Lipinski definition) is 7. The summed E-state index contributed by atoms with van der Waals surface area (Å²) >= 11 is 3.02. The molecule has 39 heavy (non-hydrogen) atoms. The topological polar surface area (TPSA) is 130 Å². The van der Waals surface area contributed by atoms with Crippen LogP contribution in [0, 0.1) is 0 Å². The summed E-state index contributed by atoms with van der Waals surface area (Å²) in [4.78, 5) is 31.4. The van der Waals surface area contributed by atoms with Gasteiger partial charge in [-0.15, -0.1) is 22.7 Å². The molecule has 4 rings (SSSR count). The number of benzene rings is 2. The average Bonchev–Trinajstić information content (AvgIpc) is 3.61. The summed E-state index contributed by atoms with van der Waals surface area (Å²) in [7, 11) is -2.15. The Hall–Kier alpha value is -3.71. The van der Waals surface area contributed by atoms with Crippen molar-refractivity contribution in [1.29, 1.82) is 0 Å². The van der Waals surface area contributed by atoms with E-state index in [0.717, 1.165) is 21.7 Å². The third kappa shape index (κ3) is 8.39. The van der Waals surface area contributed by atoms with Gasteiger partial charge in [0, 0.05) is 17.5 Å². The second-order valence-corrected chi connectivity index (χ2v) is 12.0. The molecule has 12 heteroatoms. The van der Waals surface area contributed by atoms with E-state index in [1.54, 1.807) is 35.6 Å². The molecule has 0 fully saturated rings. The molecule has 0 bridgehead atoms. The number of thiazole rings is 1. The lowest BCUT2D eigenvalue weighted by atomic mass is 10.0. The number of ether oxygens (including phenoxy) is 1. The Morgan fingerprint density at radius 1 is 1.00 bits per heavy atom. The first kappa shape index (κ1) is 28.3. The van der Waals surface area contributed by atoms with Crippen molar-refractivity contribution >= 4 is 56.2 Å². The van der Waals surface area contributed by atoms with Crippen molar-refractivity contribution < 1.29 is 23.1 Å². The van der Waals surface area contributed by atoms with Gasteiger partial charge in [-0.1, -0.05) is 48.5 Å². The van der Waals surface area contributed by atoms with Crippen LogP contribution in [0.1, 0.15) is 22.2 Å². The lowest BCUT2D eigenvalue weighted by Crippen LogP contribution is -2.49. The molecule has 3 unspecified atom stereocenters. The van der Waals surface area contributed by atoms with Crippen molar-refractivity contribution in [1.82, 2.24) is 15.6 Å². The SMILES string of the molecule is C=S(=O)(O)Nc1ccc(CC(NC(=O)C(Cc2ccccc2)NC(=O)OC)c2nc(-c3cccs3)cs2)cc1. The van der Waals surface area contributed by atoms with E-state index in [9.17, 15) is 18.4 Å². The largest absolute Gasteiger partial charge is 0.453 e. The number of carbonyl (C=O) groups excluding carboxylic acids is 2. The van der Waals surface area contributed by atoms with Crippen molar-refractivity contribution in [3.8, 4) is 10.6 Å². The number of nitrogens with one attached hydrogen (secondary N) is 3. The number of alkyl carbamates (subject to hydrolysis) is 1. The average molecular weight is 585 g/mol. The van der Waals surface area contributed by atoms with Crippen LogP contribution >= 0.6 is 22.7 Å². The Morgan fingerprint density at radius 2 is 1.72 bits per heavy atom. The maximum atomic E-state index is 13.5. The van der Waals surface area contributed by atoms with Crippen LogP contribution < -0.4 is 15.4 Å². The van der Waals surface area contributed by atoms with E-state index in [4.69, 9.17) is 9.72 Å². The zero-order chi connectivity index (χ0) is 27.8. The minimum Gasteiger partial charge on any atom is -0.453 e. The zero-order valence-electron chi connectivity index (χ0n) is 21.0. The lowest BCUT2D eigenvalue weighted by molar-refractivity contribution is -0.123. The van der Waals surface area contributed by atoms with E-state index in [1.165, 1.54) is 18.4 Å². The highest BCUT2D eigenvalue weighted by atomic mass is 32.2. The first-order chi connectivity index (χ1) is 18.7. The first-order valence-corrected chi connectivity index (χ1v) is 15.3. The van der Waals surface area contributed by atoms with E-state index >= 15 is 0 Å². The Kier molecular flexibility index (Phi) is 9.36. The molecule has 0 saturated heterocycles. The number of carbonyl (C=O) groups is 2. The minimum absolute atomic E-state index is 0.276. The second kappa shape index (κ2) is 12.9. The predicted molar refractivity (Wildman–Crippen MR) is 157 cm³/mol. The van der Waals surface area contributed by atoms with Crippen molar-refractivity contribution in [2.24, 2.45) is 0 Å². The highest BCUT2D eigenvalue weighted by Gasteiger charge is 2.26. The fourth-order valence-electron chi connectivity index (χ4n) is 3.85. The molecule has 0 aliphatic carbocycles. The summed E-state index contributed by atoms with van der Waals surface area (Å²) in [5, 5.41) is 10.4. The van der Waals surface area contributed by atoms with Crippen molar-refractivity contribution in [2.45, 2.75) is 24.9 Å². The maximum Gasteiger partial charge on any atom is 0.407 e. The summed E-state index contributed by atoms with van der Waals surface area (Å²) in [5.74, 6) is 2.81. The van der Waals surface area contributed by atoms with Crippen molar-refractivity contribution in [2.75, 3.05) is 11.8 Å². The summed E-state index contributed by atoms with van der Waals surface area (Å²) < 4.78 is 28.2. The van der Waals surface area contributed by atoms with E-state index < -0.39 is 28.2 Å². The molecule has 3 atom stereocenters. The second-order valence-electron chi connectivity index (χ2n) is 8.63. The number of hydrogen-bond donors (Lipinski definition) is 4. The highest BCUT2D eigenvalue weighted by molar-refractivity contribution is 7.96. The maximum absolute atomic E-state index is 13.5. The minimum atomic E-state index is -3.40. The van der Waals surface area contributed by atoms with E-state index in [1.807, 2.05) is 53.2 Å². The van der Waals surface area contributed by atoms with Gasteiger partial charge in [0.25, 0.3) is 0 Å². The van der Waals surface area contributed by atoms with Crippen LogP contribution in [0.2, 0.25) is 0 Å². The summed E-state index contributed by atoms with van der Waals surface area (Å²) in [5.41, 5.74) is 3.02. The molecule has 0 saturated carbocycles. The quantitative estimate of drug-likeness (QED) is 0.188. The zero-order valence-corrected chi connectivity index (χ0v) is 23.5. The van der Waals surface area contributed by atoms with Gasteiger partial charge < -0.3 is 15.4 Å². The summed E-state index contributed by atoms with van der Waals surface area (Å²) in [6, 6.07) is 18.9. The molecule has 9 nitrogen and oxygen atoms in total. The number of thiophene rings is 1. The van der Waals surface area contributed by atoms with Gasteiger partial charge in [-0.25, -0.2) is 14.0 Å². The molecule has 0 spiro atoms. The third-order valence-corrected chi connectivity index (χ3v) is 8.06. The Bertz CT molecular complexity index is 1490. The Morgan fingerprint density at radius 3 is 2.36 bits per heavy atom. The van der Waals surface area contributed by atoms with Gasteiger partial charge in [0.05, 0.1) is 23.7 Å². The molecule has 0 aliphatic heterocycles. The molecule has 2 heterocycles. The fraction of sp³-hybridized carbons (Fsp3) is 0.185. The van der Waals surface area contributed by atoms with Crippen LogP contribution in [0.15, 0.2) is 77.5 Å². The van der Waals surface area contributed by atoms with E-state index in [2.05, 4.69) is 21.2 Å². The van der Waals surface area contributed by atoms with Gasteiger partial charge in [-0.3, -0.25) is 14.1 Å². The van der Waals surface area contributed by atoms with E-state index in [-0.39, 0.29) is 12.3 Å². The monoisotopic (exact) mass is 584 g/mol. The number of rotatable bonds is 11. The number of anilines is 1. The fourth-order valence-corrected chi connectivity index (χ4v) is 5.98. The molecule has 0 aliphatic rings. The van der Waals surface area contributed by atoms with Crippen LogP contribution in [-0.2, 0) is 32.4 Å². The van der Waals surface area contributed by atoms with E-state index in [0.29, 0.717) is 17.1 Å². The molecule has 2 aromatic heterocycles. The first-order valence-electron chi connectivity index (χ1n) is 11.8. The smallest absolute Gasteiger partial charge is 0.407 e. The predicted octanol–water partition coefficient (Wildman–Crippen LogP) is 4.76. The van der Waals surface area contributed by atoms with Gasteiger partial charge in [0.1, 0.15) is 11.0 Å². The van der Waals surface area contributed by atoms with Gasteiger partial charge >= 0.3 is 6.09 Å². The number of amides is 2.